The Morgan fingerprint density at radius 3 is 2.50 bits per heavy atom. The fraction of sp³-hybridized carbons (Fsp3) is 0.222. The molecule has 26 heavy (non-hydrogen) atoms. The lowest BCUT2D eigenvalue weighted by atomic mass is 10.1. The Morgan fingerprint density at radius 1 is 1.08 bits per heavy atom. The molecule has 0 saturated heterocycles. The van der Waals surface area contributed by atoms with Gasteiger partial charge >= 0.3 is 18.6 Å². The van der Waals surface area contributed by atoms with E-state index in [9.17, 15) is 18.4 Å². The Labute approximate surface area is 149 Å². The summed E-state index contributed by atoms with van der Waals surface area (Å²) >= 11 is 0. The quantitative estimate of drug-likeness (QED) is 0.761. The van der Waals surface area contributed by atoms with E-state index in [4.69, 9.17) is 0 Å². The third-order valence-corrected chi connectivity index (χ3v) is 3.47. The van der Waals surface area contributed by atoms with Crippen LogP contribution in [-0.2, 0) is 4.74 Å². The fourth-order valence-corrected chi connectivity index (χ4v) is 2.25. The van der Waals surface area contributed by atoms with E-state index in [0.717, 1.165) is 0 Å². The summed E-state index contributed by atoms with van der Waals surface area (Å²) in [6, 6.07) is 11.4. The molecule has 138 valence electrons. The van der Waals surface area contributed by atoms with E-state index in [-0.39, 0.29) is 5.75 Å². The van der Waals surface area contributed by atoms with Gasteiger partial charge < -0.3 is 20.1 Å². The minimum absolute atomic E-state index is 0.0114. The summed E-state index contributed by atoms with van der Waals surface area (Å²) in [4.78, 5) is 23.6. The summed E-state index contributed by atoms with van der Waals surface area (Å²) in [6.07, 6.45) is 0. The van der Waals surface area contributed by atoms with Crippen LogP contribution in [0.3, 0.4) is 0 Å². The van der Waals surface area contributed by atoms with Gasteiger partial charge in [0.25, 0.3) is 0 Å². The van der Waals surface area contributed by atoms with Gasteiger partial charge in [0.1, 0.15) is 5.75 Å². The lowest BCUT2D eigenvalue weighted by molar-refractivity contribution is -0.0499. The molecule has 8 heteroatoms. The van der Waals surface area contributed by atoms with E-state index in [1.54, 1.807) is 37.3 Å². The number of ether oxygens (including phenoxy) is 2. The number of rotatable bonds is 6. The smallest absolute Gasteiger partial charge is 0.387 e. The molecule has 2 rings (SSSR count). The zero-order valence-electron chi connectivity index (χ0n) is 14.2. The van der Waals surface area contributed by atoms with E-state index in [1.807, 2.05) is 0 Å². The van der Waals surface area contributed by atoms with Gasteiger partial charge in [-0.1, -0.05) is 18.2 Å². The molecule has 0 aliphatic rings. The molecule has 6 nitrogen and oxygen atoms in total. The molecule has 0 saturated carbocycles. The average Bonchev–Trinajstić information content (AvgIpc) is 2.60. The van der Waals surface area contributed by atoms with Crippen LogP contribution in [0.15, 0.2) is 48.5 Å². The van der Waals surface area contributed by atoms with Gasteiger partial charge in [-0.05, 0) is 42.8 Å². The zero-order chi connectivity index (χ0) is 19.1. The van der Waals surface area contributed by atoms with Crippen LogP contribution in [-0.4, -0.2) is 25.7 Å². The molecule has 0 aliphatic heterocycles. The van der Waals surface area contributed by atoms with Gasteiger partial charge in [0.05, 0.1) is 18.7 Å². The van der Waals surface area contributed by atoms with E-state index in [0.29, 0.717) is 16.8 Å². The maximum atomic E-state index is 12.3. The standard InChI is InChI=1S/C18H18F2N2O4/c1-11(12-5-4-8-15(10-12)26-17(19)20)21-18(24)22-14-7-3-6-13(9-14)16(23)25-2/h3-11,17H,1-2H3,(H2,21,22,24)/t11-/m0/s1. The third-order valence-electron chi connectivity index (χ3n) is 3.47. The molecule has 0 spiro atoms. The van der Waals surface area contributed by atoms with Gasteiger partial charge in [-0.15, -0.1) is 0 Å². The van der Waals surface area contributed by atoms with Crippen LogP contribution in [0, 0.1) is 0 Å². The number of alkyl halides is 2. The van der Waals surface area contributed by atoms with Crippen molar-refractivity contribution in [3.05, 3.63) is 59.7 Å². The minimum atomic E-state index is -2.92. The number of nitrogens with one attached hydrogen (secondary N) is 2. The Hall–Kier alpha value is -3.16. The van der Waals surface area contributed by atoms with Gasteiger partial charge in [0.2, 0.25) is 0 Å². The summed E-state index contributed by atoms with van der Waals surface area (Å²) in [7, 11) is 1.27. The van der Waals surface area contributed by atoms with E-state index < -0.39 is 24.7 Å². The lowest BCUT2D eigenvalue weighted by Crippen LogP contribution is -2.31. The number of hydrogen-bond acceptors (Lipinski definition) is 4. The number of hydrogen-bond donors (Lipinski definition) is 2. The first-order valence-corrected chi connectivity index (χ1v) is 7.69. The summed E-state index contributed by atoms with van der Waals surface area (Å²) < 4.78 is 33.5. The van der Waals surface area contributed by atoms with Crippen molar-refractivity contribution >= 4 is 17.7 Å². The normalized spacial score (nSPS) is 11.6. The molecule has 2 aromatic rings. The molecule has 0 heterocycles. The van der Waals surface area contributed by atoms with E-state index in [1.165, 1.54) is 25.3 Å². The molecule has 1 atom stereocenters. The van der Waals surface area contributed by atoms with Crippen molar-refractivity contribution in [2.24, 2.45) is 0 Å². The molecule has 0 unspecified atom stereocenters. The lowest BCUT2D eigenvalue weighted by Gasteiger charge is -2.16. The van der Waals surface area contributed by atoms with Crippen molar-refractivity contribution in [2.45, 2.75) is 19.6 Å². The summed E-state index contributed by atoms with van der Waals surface area (Å²) in [5.41, 5.74) is 1.31. The average molecular weight is 364 g/mol. The molecule has 2 amide bonds. The molecule has 0 bridgehead atoms. The van der Waals surface area contributed by atoms with Crippen LogP contribution < -0.4 is 15.4 Å². The Balaban J connectivity index is 2.00. The van der Waals surface area contributed by atoms with Gasteiger partial charge in [0.15, 0.2) is 0 Å². The fourth-order valence-electron chi connectivity index (χ4n) is 2.25. The monoisotopic (exact) mass is 364 g/mol. The summed E-state index contributed by atoms with van der Waals surface area (Å²) in [5.74, 6) is -0.504. The largest absolute Gasteiger partial charge is 0.465 e. The highest BCUT2D eigenvalue weighted by Gasteiger charge is 2.13. The molecule has 0 aromatic heterocycles. The Kier molecular flexibility index (Phi) is 6.48. The SMILES string of the molecule is COC(=O)c1cccc(NC(=O)N[C@@H](C)c2cccc(OC(F)F)c2)c1. The number of halogens is 2. The number of benzene rings is 2. The topological polar surface area (TPSA) is 76.7 Å². The molecule has 0 aliphatic carbocycles. The van der Waals surface area contributed by atoms with Crippen molar-refractivity contribution in [3.63, 3.8) is 0 Å². The second-order valence-electron chi connectivity index (χ2n) is 5.34. The number of amides is 2. The molecular formula is C18H18F2N2O4. The number of esters is 1. The predicted octanol–water partition coefficient (Wildman–Crippen LogP) is 3.96. The van der Waals surface area contributed by atoms with Crippen molar-refractivity contribution in [2.75, 3.05) is 12.4 Å². The third kappa shape index (κ3) is 5.44. The highest BCUT2D eigenvalue weighted by atomic mass is 19.3. The van der Waals surface area contributed by atoms with Crippen LogP contribution in [0.25, 0.3) is 0 Å². The predicted molar refractivity (Wildman–Crippen MR) is 91.4 cm³/mol. The number of urea groups is 1. The molecule has 0 fully saturated rings. The Bertz CT molecular complexity index is 783. The first kappa shape index (κ1) is 19.2. The number of carbonyl (C=O) groups is 2. The van der Waals surface area contributed by atoms with Crippen LogP contribution in [0.2, 0.25) is 0 Å². The second kappa shape index (κ2) is 8.80. The van der Waals surface area contributed by atoms with Gasteiger partial charge in [-0.25, -0.2) is 9.59 Å². The van der Waals surface area contributed by atoms with E-state index >= 15 is 0 Å². The van der Waals surface area contributed by atoms with Crippen molar-refractivity contribution in [1.82, 2.24) is 5.32 Å². The highest BCUT2D eigenvalue weighted by molar-refractivity contribution is 5.94. The van der Waals surface area contributed by atoms with Crippen LogP contribution in [0.1, 0.15) is 28.9 Å². The van der Waals surface area contributed by atoms with Crippen LogP contribution in [0.4, 0.5) is 19.3 Å². The summed E-state index contributed by atoms with van der Waals surface area (Å²) in [6.45, 7) is -1.22. The molecule has 0 radical (unpaired) electrons. The van der Waals surface area contributed by atoms with Crippen LogP contribution >= 0.6 is 0 Å². The highest BCUT2D eigenvalue weighted by Crippen LogP contribution is 2.21. The van der Waals surface area contributed by atoms with Gasteiger partial charge in [-0.2, -0.15) is 8.78 Å². The van der Waals surface area contributed by atoms with Gasteiger partial charge in [0, 0.05) is 5.69 Å². The first-order valence-electron chi connectivity index (χ1n) is 7.69. The Morgan fingerprint density at radius 2 is 1.81 bits per heavy atom. The van der Waals surface area contributed by atoms with Crippen molar-refractivity contribution in [1.29, 1.82) is 0 Å². The molecule has 2 aromatic carbocycles. The van der Waals surface area contributed by atoms with Gasteiger partial charge in [-0.3, -0.25) is 0 Å². The maximum Gasteiger partial charge on any atom is 0.387 e. The first-order chi connectivity index (χ1) is 12.4. The minimum Gasteiger partial charge on any atom is -0.465 e. The number of methoxy groups -OCH3 is 1. The second-order valence-corrected chi connectivity index (χ2v) is 5.34. The molecule has 2 N–H and O–H groups in total. The zero-order valence-corrected chi connectivity index (χ0v) is 14.2. The van der Waals surface area contributed by atoms with E-state index in [2.05, 4.69) is 20.1 Å². The number of carbonyl (C=O) groups excluding carboxylic acids is 2. The van der Waals surface area contributed by atoms with Crippen molar-refractivity contribution < 1.29 is 27.8 Å². The maximum absolute atomic E-state index is 12.3. The number of anilines is 1. The van der Waals surface area contributed by atoms with Crippen LogP contribution in [0.5, 0.6) is 5.75 Å². The van der Waals surface area contributed by atoms with Crippen molar-refractivity contribution in [3.8, 4) is 5.75 Å². The summed E-state index contributed by atoms with van der Waals surface area (Å²) in [5, 5.41) is 5.28. The molecular weight excluding hydrogens is 346 g/mol.